The van der Waals surface area contributed by atoms with Crippen LogP contribution in [0.5, 0.6) is 0 Å². The van der Waals surface area contributed by atoms with Crippen LogP contribution in [-0.4, -0.2) is 21.9 Å². The number of amides is 1. The number of carbonyl (C=O) groups excluding carboxylic acids is 1. The van der Waals surface area contributed by atoms with E-state index in [1.54, 1.807) is 0 Å². The van der Waals surface area contributed by atoms with Crippen molar-refractivity contribution in [3.63, 3.8) is 0 Å². The molecule has 1 saturated carbocycles. The molecule has 110 valence electrons. The molecule has 2 rings (SSSR count). The lowest BCUT2D eigenvalue weighted by molar-refractivity contribution is 0.0931. The van der Waals surface area contributed by atoms with Crippen molar-refractivity contribution >= 4 is 11.6 Å². The number of rotatable bonds is 3. The van der Waals surface area contributed by atoms with Crippen molar-refractivity contribution in [2.45, 2.75) is 58.9 Å². The standard InChI is InChI=1S/C15H24N4O/c1-9(2)13-17-8-11(16)12(19-13)14(20)18-10-5-6-15(3,4)7-10/h8-10H,5-7,16H2,1-4H3,(H,18,20). The van der Waals surface area contributed by atoms with Gasteiger partial charge in [-0.1, -0.05) is 27.7 Å². The zero-order valence-electron chi connectivity index (χ0n) is 12.7. The molecule has 1 aromatic rings. The number of hydrogen-bond acceptors (Lipinski definition) is 4. The van der Waals surface area contributed by atoms with E-state index in [1.807, 2.05) is 13.8 Å². The van der Waals surface area contributed by atoms with Crippen LogP contribution in [0.15, 0.2) is 6.20 Å². The Labute approximate surface area is 120 Å². The van der Waals surface area contributed by atoms with Gasteiger partial charge < -0.3 is 11.1 Å². The van der Waals surface area contributed by atoms with E-state index >= 15 is 0 Å². The van der Waals surface area contributed by atoms with E-state index in [4.69, 9.17) is 5.73 Å². The number of aromatic nitrogens is 2. The molecular weight excluding hydrogens is 252 g/mol. The SMILES string of the molecule is CC(C)c1ncc(N)c(C(=O)NC2CCC(C)(C)C2)n1. The second kappa shape index (κ2) is 5.38. The Bertz CT molecular complexity index is 511. The average molecular weight is 276 g/mol. The van der Waals surface area contributed by atoms with Gasteiger partial charge in [0.05, 0.1) is 11.9 Å². The number of nitrogens with zero attached hydrogens (tertiary/aromatic N) is 2. The second-order valence-electron chi connectivity index (χ2n) is 6.76. The van der Waals surface area contributed by atoms with E-state index in [2.05, 4.69) is 29.1 Å². The van der Waals surface area contributed by atoms with E-state index in [0.717, 1.165) is 19.3 Å². The van der Waals surface area contributed by atoms with Crippen LogP contribution in [0.1, 0.15) is 69.2 Å². The van der Waals surface area contributed by atoms with Gasteiger partial charge >= 0.3 is 0 Å². The Morgan fingerprint density at radius 1 is 1.50 bits per heavy atom. The smallest absolute Gasteiger partial charge is 0.272 e. The summed E-state index contributed by atoms with van der Waals surface area (Å²) in [5.41, 5.74) is 6.77. The molecule has 0 saturated heterocycles. The third-order valence-corrected chi connectivity index (χ3v) is 3.87. The fourth-order valence-electron chi connectivity index (χ4n) is 2.68. The van der Waals surface area contributed by atoms with Crippen LogP contribution in [0.3, 0.4) is 0 Å². The molecule has 0 aliphatic heterocycles. The van der Waals surface area contributed by atoms with Crippen LogP contribution in [0.25, 0.3) is 0 Å². The van der Waals surface area contributed by atoms with E-state index in [1.165, 1.54) is 6.20 Å². The summed E-state index contributed by atoms with van der Waals surface area (Å²) in [6.45, 7) is 8.45. The topological polar surface area (TPSA) is 80.9 Å². The molecule has 0 spiro atoms. The van der Waals surface area contributed by atoms with Gasteiger partial charge in [0.25, 0.3) is 5.91 Å². The highest BCUT2D eigenvalue weighted by Crippen LogP contribution is 2.37. The molecule has 1 amide bonds. The van der Waals surface area contributed by atoms with Crippen molar-refractivity contribution in [2.75, 3.05) is 5.73 Å². The average Bonchev–Trinajstić information content (AvgIpc) is 2.68. The molecule has 0 bridgehead atoms. The van der Waals surface area contributed by atoms with Crippen molar-refractivity contribution in [3.8, 4) is 0 Å². The summed E-state index contributed by atoms with van der Waals surface area (Å²) < 4.78 is 0. The molecule has 1 aliphatic carbocycles. The van der Waals surface area contributed by atoms with Crippen LogP contribution in [0, 0.1) is 5.41 Å². The van der Waals surface area contributed by atoms with Crippen molar-refractivity contribution in [3.05, 3.63) is 17.7 Å². The molecule has 20 heavy (non-hydrogen) atoms. The molecule has 1 fully saturated rings. The molecule has 1 aliphatic rings. The Morgan fingerprint density at radius 3 is 2.75 bits per heavy atom. The predicted molar refractivity (Wildman–Crippen MR) is 79.4 cm³/mol. The van der Waals surface area contributed by atoms with Gasteiger partial charge in [-0.3, -0.25) is 4.79 Å². The van der Waals surface area contributed by atoms with Crippen molar-refractivity contribution in [1.29, 1.82) is 0 Å². The summed E-state index contributed by atoms with van der Waals surface area (Å²) >= 11 is 0. The van der Waals surface area contributed by atoms with Crippen LogP contribution in [-0.2, 0) is 0 Å². The maximum atomic E-state index is 12.3. The van der Waals surface area contributed by atoms with E-state index < -0.39 is 0 Å². The number of hydrogen-bond donors (Lipinski definition) is 2. The largest absolute Gasteiger partial charge is 0.396 e. The number of carbonyl (C=O) groups is 1. The third kappa shape index (κ3) is 3.26. The Kier molecular flexibility index (Phi) is 3.97. The van der Waals surface area contributed by atoms with Gasteiger partial charge in [0.1, 0.15) is 5.82 Å². The Hall–Kier alpha value is -1.65. The van der Waals surface area contributed by atoms with Crippen molar-refractivity contribution < 1.29 is 4.79 Å². The first kappa shape index (κ1) is 14.8. The first-order valence-electron chi connectivity index (χ1n) is 7.22. The Balaban J connectivity index is 2.11. The van der Waals surface area contributed by atoms with Gasteiger partial charge in [-0.2, -0.15) is 0 Å². The minimum absolute atomic E-state index is 0.174. The molecule has 1 atom stereocenters. The van der Waals surface area contributed by atoms with Crippen molar-refractivity contribution in [1.82, 2.24) is 15.3 Å². The van der Waals surface area contributed by atoms with Gasteiger partial charge in [0.2, 0.25) is 0 Å². The van der Waals surface area contributed by atoms with E-state index in [9.17, 15) is 4.79 Å². The fraction of sp³-hybridized carbons (Fsp3) is 0.667. The summed E-state index contributed by atoms with van der Waals surface area (Å²) in [5.74, 6) is 0.637. The number of nitrogens with one attached hydrogen (secondary N) is 1. The maximum Gasteiger partial charge on any atom is 0.272 e. The molecule has 0 aromatic carbocycles. The molecule has 1 unspecified atom stereocenters. The van der Waals surface area contributed by atoms with Crippen LogP contribution in [0.2, 0.25) is 0 Å². The Morgan fingerprint density at radius 2 is 2.20 bits per heavy atom. The molecular formula is C15H24N4O. The highest BCUT2D eigenvalue weighted by atomic mass is 16.2. The van der Waals surface area contributed by atoms with Gasteiger partial charge in [0, 0.05) is 12.0 Å². The summed E-state index contributed by atoms with van der Waals surface area (Å²) in [6.07, 6.45) is 4.67. The van der Waals surface area contributed by atoms with Gasteiger partial charge in [0.15, 0.2) is 5.69 Å². The first-order valence-corrected chi connectivity index (χ1v) is 7.22. The predicted octanol–water partition coefficient (Wildman–Crippen LogP) is 2.49. The lowest BCUT2D eigenvalue weighted by Gasteiger charge is -2.18. The third-order valence-electron chi connectivity index (χ3n) is 3.87. The first-order chi connectivity index (χ1) is 9.28. The van der Waals surface area contributed by atoms with E-state index in [0.29, 0.717) is 22.6 Å². The summed E-state index contributed by atoms with van der Waals surface area (Å²) in [4.78, 5) is 20.8. The van der Waals surface area contributed by atoms with Gasteiger partial charge in [-0.25, -0.2) is 9.97 Å². The zero-order valence-corrected chi connectivity index (χ0v) is 12.7. The van der Waals surface area contributed by atoms with Crippen LogP contribution in [0.4, 0.5) is 5.69 Å². The lowest BCUT2D eigenvalue weighted by Crippen LogP contribution is -2.34. The number of nitrogen functional groups attached to an aromatic ring is 1. The summed E-state index contributed by atoms with van der Waals surface area (Å²) in [6, 6.07) is 0.217. The second-order valence-corrected chi connectivity index (χ2v) is 6.76. The number of nitrogens with two attached hydrogens (primary N) is 1. The fourth-order valence-corrected chi connectivity index (χ4v) is 2.68. The lowest BCUT2D eigenvalue weighted by atomic mass is 9.92. The molecule has 1 aromatic heterocycles. The molecule has 3 N–H and O–H groups in total. The van der Waals surface area contributed by atoms with E-state index in [-0.39, 0.29) is 17.9 Å². The van der Waals surface area contributed by atoms with Crippen LogP contribution >= 0.6 is 0 Å². The maximum absolute atomic E-state index is 12.3. The number of anilines is 1. The summed E-state index contributed by atoms with van der Waals surface area (Å²) in [5, 5.41) is 3.05. The van der Waals surface area contributed by atoms with Crippen molar-refractivity contribution in [2.24, 2.45) is 5.41 Å². The minimum Gasteiger partial charge on any atom is -0.396 e. The zero-order chi connectivity index (χ0) is 14.9. The summed E-state index contributed by atoms with van der Waals surface area (Å²) in [7, 11) is 0. The quantitative estimate of drug-likeness (QED) is 0.888. The van der Waals surface area contributed by atoms with Gasteiger partial charge in [-0.05, 0) is 24.7 Å². The highest BCUT2D eigenvalue weighted by Gasteiger charge is 2.32. The molecule has 5 nitrogen and oxygen atoms in total. The monoisotopic (exact) mass is 276 g/mol. The normalized spacial score (nSPS) is 21.1. The molecule has 1 heterocycles. The highest BCUT2D eigenvalue weighted by molar-refractivity contribution is 5.97. The minimum atomic E-state index is -0.186. The molecule has 0 radical (unpaired) electrons. The van der Waals surface area contributed by atoms with Gasteiger partial charge in [-0.15, -0.1) is 0 Å². The van der Waals surface area contributed by atoms with Crippen LogP contribution < -0.4 is 11.1 Å². The molecule has 5 heteroatoms.